The number of hydrogen-bond acceptors (Lipinski definition) is 4. The van der Waals surface area contributed by atoms with E-state index in [-0.39, 0.29) is 6.04 Å². The quantitative estimate of drug-likeness (QED) is 0.764. The highest BCUT2D eigenvalue weighted by Gasteiger charge is 2.22. The van der Waals surface area contributed by atoms with E-state index in [2.05, 4.69) is 0 Å². The second kappa shape index (κ2) is 7.04. The van der Waals surface area contributed by atoms with Crippen LogP contribution < -0.4 is 5.73 Å². The van der Waals surface area contributed by atoms with Crippen molar-refractivity contribution in [3.8, 4) is 0 Å². The minimum Gasteiger partial charge on any atom is -0.467 e. The summed E-state index contributed by atoms with van der Waals surface area (Å²) < 4.78 is 10.3. The lowest BCUT2D eigenvalue weighted by Crippen LogP contribution is -2.28. The number of carbonyl (C=O) groups excluding carboxylic acids is 1. The second-order valence-corrected chi connectivity index (χ2v) is 3.82. The van der Waals surface area contributed by atoms with E-state index >= 15 is 0 Å². The molecule has 1 aromatic carbocycles. The van der Waals surface area contributed by atoms with Crippen LogP contribution in [0.5, 0.6) is 0 Å². The molecule has 1 rings (SSSR count). The van der Waals surface area contributed by atoms with Crippen molar-refractivity contribution in [1.82, 2.24) is 0 Å². The Morgan fingerprint density at radius 1 is 1.35 bits per heavy atom. The standard InChI is InChI=1S/C13H19NO3/c1-3-11(14)9-17-12(13(15)16-2)10-7-5-4-6-8-10/h4-8,11-12H,3,9,14H2,1-2H3. The third-order valence-corrected chi connectivity index (χ3v) is 2.52. The molecule has 0 heterocycles. The molecule has 0 saturated carbocycles. The first-order valence-electron chi connectivity index (χ1n) is 5.69. The summed E-state index contributed by atoms with van der Waals surface area (Å²) >= 11 is 0. The first kappa shape index (κ1) is 13.7. The Morgan fingerprint density at radius 3 is 2.53 bits per heavy atom. The highest BCUT2D eigenvalue weighted by atomic mass is 16.6. The molecule has 2 atom stereocenters. The smallest absolute Gasteiger partial charge is 0.339 e. The molecule has 0 aliphatic heterocycles. The molecular weight excluding hydrogens is 218 g/mol. The van der Waals surface area contributed by atoms with Crippen LogP contribution >= 0.6 is 0 Å². The zero-order valence-corrected chi connectivity index (χ0v) is 10.3. The predicted molar refractivity (Wildman–Crippen MR) is 65.4 cm³/mol. The normalized spacial score (nSPS) is 14.1. The topological polar surface area (TPSA) is 61.5 Å². The summed E-state index contributed by atoms with van der Waals surface area (Å²) in [6.07, 6.45) is 0.113. The lowest BCUT2D eigenvalue weighted by atomic mass is 10.1. The van der Waals surface area contributed by atoms with Gasteiger partial charge in [-0.1, -0.05) is 37.3 Å². The largest absolute Gasteiger partial charge is 0.467 e. The van der Waals surface area contributed by atoms with Crippen molar-refractivity contribution in [2.45, 2.75) is 25.5 Å². The Labute approximate surface area is 102 Å². The molecule has 0 aliphatic carbocycles. The molecule has 0 spiro atoms. The molecule has 4 heteroatoms. The molecule has 0 saturated heterocycles. The van der Waals surface area contributed by atoms with Crippen LogP contribution in [0.4, 0.5) is 0 Å². The van der Waals surface area contributed by atoms with Gasteiger partial charge in [-0.15, -0.1) is 0 Å². The van der Waals surface area contributed by atoms with Gasteiger partial charge in [-0.05, 0) is 12.0 Å². The van der Waals surface area contributed by atoms with Gasteiger partial charge in [-0.25, -0.2) is 4.79 Å². The van der Waals surface area contributed by atoms with Crippen molar-refractivity contribution < 1.29 is 14.3 Å². The van der Waals surface area contributed by atoms with Gasteiger partial charge in [0.05, 0.1) is 13.7 Å². The summed E-state index contributed by atoms with van der Waals surface area (Å²) in [5, 5.41) is 0. The Hall–Kier alpha value is -1.39. The van der Waals surface area contributed by atoms with Crippen LogP contribution in [0.15, 0.2) is 30.3 Å². The van der Waals surface area contributed by atoms with Gasteiger partial charge in [-0.2, -0.15) is 0 Å². The van der Waals surface area contributed by atoms with Crippen molar-refractivity contribution in [3.05, 3.63) is 35.9 Å². The molecule has 4 nitrogen and oxygen atoms in total. The van der Waals surface area contributed by atoms with E-state index in [9.17, 15) is 4.79 Å². The first-order chi connectivity index (χ1) is 8.19. The molecule has 0 bridgehead atoms. The van der Waals surface area contributed by atoms with Crippen molar-refractivity contribution in [2.75, 3.05) is 13.7 Å². The maximum Gasteiger partial charge on any atom is 0.339 e. The lowest BCUT2D eigenvalue weighted by Gasteiger charge is -2.18. The number of esters is 1. The van der Waals surface area contributed by atoms with Crippen LogP contribution in [0.3, 0.4) is 0 Å². The Morgan fingerprint density at radius 2 is 2.00 bits per heavy atom. The fourth-order valence-corrected chi connectivity index (χ4v) is 1.37. The fraction of sp³-hybridized carbons (Fsp3) is 0.462. The number of ether oxygens (including phenoxy) is 2. The van der Waals surface area contributed by atoms with E-state index in [1.54, 1.807) is 0 Å². The van der Waals surface area contributed by atoms with E-state index in [0.29, 0.717) is 6.61 Å². The summed E-state index contributed by atoms with van der Waals surface area (Å²) in [5.41, 5.74) is 6.54. The molecule has 1 aromatic rings. The third-order valence-electron chi connectivity index (χ3n) is 2.52. The molecule has 94 valence electrons. The Bertz CT molecular complexity index is 340. The second-order valence-electron chi connectivity index (χ2n) is 3.82. The van der Waals surface area contributed by atoms with Crippen molar-refractivity contribution in [2.24, 2.45) is 5.73 Å². The minimum atomic E-state index is -0.696. The van der Waals surface area contributed by atoms with Gasteiger partial charge in [0.15, 0.2) is 6.10 Å². The number of nitrogens with two attached hydrogens (primary N) is 1. The molecule has 0 fully saturated rings. The van der Waals surface area contributed by atoms with E-state index in [1.165, 1.54) is 7.11 Å². The van der Waals surface area contributed by atoms with Crippen LogP contribution in [-0.4, -0.2) is 25.7 Å². The van der Waals surface area contributed by atoms with Gasteiger partial charge in [-0.3, -0.25) is 0 Å². The van der Waals surface area contributed by atoms with Crippen molar-refractivity contribution >= 4 is 5.97 Å². The van der Waals surface area contributed by atoms with E-state index in [4.69, 9.17) is 15.2 Å². The molecule has 0 radical (unpaired) electrons. The Balaban J connectivity index is 2.71. The van der Waals surface area contributed by atoms with Gasteiger partial charge >= 0.3 is 5.97 Å². The number of rotatable bonds is 6. The molecular formula is C13H19NO3. The van der Waals surface area contributed by atoms with Gasteiger partial charge in [0.2, 0.25) is 0 Å². The third kappa shape index (κ3) is 4.17. The van der Waals surface area contributed by atoms with Gasteiger partial charge in [0.1, 0.15) is 0 Å². The molecule has 2 N–H and O–H groups in total. The van der Waals surface area contributed by atoms with Crippen molar-refractivity contribution in [3.63, 3.8) is 0 Å². The number of carbonyl (C=O) groups is 1. The summed E-state index contributed by atoms with van der Waals surface area (Å²) in [6.45, 7) is 2.31. The monoisotopic (exact) mass is 237 g/mol. The predicted octanol–water partition coefficient (Wildman–Crippen LogP) is 1.65. The highest BCUT2D eigenvalue weighted by Crippen LogP contribution is 2.18. The molecule has 17 heavy (non-hydrogen) atoms. The van der Waals surface area contributed by atoms with Gasteiger partial charge in [0, 0.05) is 6.04 Å². The highest BCUT2D eigenvalue weighted by molar-refractivity contribution is 5.76. The van der Waals surface area contributed by atoms with E-state index < -0.39 is 12.1 Å². The van der Waals surface area contributed by atoms with Crippen LogP contribution in [0, 0.1) is 0 Å². The van der Waals surface area contributed by atoms with Crippen molar-refractivity contribution in [1.29, 1.82) is 0 Å². The molecule has 0 amide bonds. The summed E-state index contributed by atoms with van der Waals surface area (Å²) in [4.78, 5) is 11.6. The van der Waals surface area contributed by atoms with Gasteiger partial charge < -0.3 is 15.2 Å². The number of hydrogen-bond donors (Lipinski definition) is 1. The minimum absolute atomic E-state index is 0.0640. The number of benzene rings is 1. The maximum atomic E-state index is 11.6. The van der Waals surface area contributed by atoms with Crippen LogP contribution in [0.25, 0.3) is 0 Å². The Kier molecular flexibility index (Phi) is 5.66. The van der Waals surface area contributed by atoms with Crippen LogP contribution in [0.2, 0.25) is 0 Å². The zero-order chi connectivity index (χ0) is 12.7. The first-order valence-corrected chi connectivity index (χ1v) is 5.69. The van der Waals surface area contributed by atoms with Crippen LogP contribution in [-0.2, 0) is 14.3 Å². The maximum absolute atomic E-state index is 11.6. The lowest BCUT2D eigenvalue weighted by molar-refractivity contribution is -0.155. The number of methoxy groups -OCH3 is 1. The van der Waals surface area contributed by atoms with E-state index in [1.807, 2.05) is 37.3 Å². The zero-order valence-electron chi connectivity index (χ0n) is 10.3. The van der Waals surface area contributed by atoms with E-state index in [0.717, 1.165) is 12.0 Å². The summed E-state index contributed by atoms with van der Waals surface area (Å²) in [5.74, 6) is -0.403. The van der Waals surface area contributed by atoms with Gasteiger partial charge in [0.25, 0.3) is 0 Å². The molecule has 0 aliphatic rings. The molecule has 0 aromatic heterocycles. The SMILES string of the molecule is CCC(N)COC(C(=O)OC)c1ccccc1. The average Bonchev–Trinajstić information content (AvgIpc) is 2.39. The average molecular weight is 237 g/mol. The molecule has 2 unspecified atom stereocenters. The fourth-order valence-electron chi connectivity index (χ4n) is 1.37. The van der Waals surface area contributed by atoms with Crippen LogP contribution in [0.1, 0.15) is 25.0 Å². The summed E-state index contributed by atoms with van der Waals surface area (Å²) in [6, 6.07) is 9.20. The summed E-state index contributed by atoms with van der Waals surface area (Å²) in [7, 11) is 1.35.